The summed E-state index contributed by atoms with van der Waals surface area (Å²) in [5.74, 6) is 0.892. The number of hydrogen-bond acceptors (Lipinski definition) is 4. The minimum absolute atomic E-state index is 0.0397. The lowest BCUT2D eigenvalue weighted by Gasteiger charge is -2.11. The van der Waals surface area contributed by atoms with Gasteiger partial charge < -0.3 is 9.47 Å². The van der Waals surface area contributed by atoms with Crippen molar-refractivity contribution in [3.63, 3.8) is 0 Å². The second-order valence-electron chi connectivity index (χ2n) is 7.14. The van der Waals surface area contributed by atoms with Gasteiger partial charge in [-0.15, -0.1) is 13.2 Å². The first-order valence-electron chi connectivity index (χ1n) is 10.00. The Balaban J connectivity index is 1.42. The van der Waals surface area contributed by atoms with Gasteiger partial charge in [0.2, 0.25) is 0 Å². The maximum absolute atomic E-state index is 12.7. The molecule has 1 N–H and O–H groups in total. The number of para-hydroxylation sites is 1. The second-order valence-corrected chi connectivity index (χ2v) is 8.82. The summed E-state index contributed by atoms with van der Waals surface area (Å²) < 4.78 is 74.4. The number of ether oxygens (including phenoxy) is 2. The van der Waals surface area contributed by atoms with Crippen LogP contribution in [0.5, 0.6) is 17.2 Å². The minimum Gasteiger partial charge on any atom is -0.457 e. The summed E-state index contributed by atoms with van der Waals surface area (Å²) in [5.41, 5.74) is 1.62. The highest BCUT2D eigenvalue weighted by atomic mass is 32.2. The van der Waals surface area contributed by atoms with Crippen LogP contribution in [0.2, 0.25) is 0 Å². The molecule has 4 rings (SSSR count). The highest BCUT2D eigenvalue weighted by molar-refractivity contribution is 7.92. The van der Waals surface area contributed by atoms with Crippen LogP contribution in [-0.4, -0.2) is 14.8 Å². The Morgan fingerprint density at radius 3 is 1.68 bits per heavy atom. The van der Waals surface area contributed by atoms with E-state index in [4.69, 9.17) is 4.74 Å². The molecule has 0 aliphatic rings. The molecule has 4 aromatic carbocycles. The van der Waals surface area contributed by atoms with Gasteiger partial charge in [0.1, 0.15) is 17.2 Å². The molecule has 0 aromatic heterocycles. The summed E-state index contributed by atoms with van der Waals surface area (Å²) in [5, 5.41) is 0. The second kappa shape index (κ2) is 9.48. The van der Waals surface area contributed by atoms with Gasteiger partial charge in [-0.1, -0.05) is 42.5 Å². The van der Waals surface area contributed by atoms with Gasteiger partial charge >= 0.3 is 6.36 Å². The summed E-state index contributed by atoms with van der Waals surface area (Å²) in [7, 11) is -3.85. The van der Waals surface area contributed by atoms with Crippen LogP contribution in [0.25, 0.3) is 11.1 Å². The van der Waals surface area contributed by atoms with Gasteiger partial charge in [-0.3, -0.25) is 4.72 Å². The van der Waals surface area contributed by atoms with Gasteiger partial charge in [-0.25, -0.2) is 8.42 Å². The zero-order chi connectivity index (χ0) is 24.2. The monoisotopic (exact) mass is 485 g/mol. The first kappa shape index (κ1) is 23.2. The highest BCUT2D eigenvalue weighted by Crippen LogP contribution is 2.28. The Kier molecular flexibility index (Phi) is 6.47. The minimum atomic E-state index is -4.76. The fourth-order valence-electron chi connectivity index (χ4n) is 3.11. The quantitative estimate of drug-likeness (QED) is 0.311. The zero-order valence-electron chi connectivity index (χ0n) is 17.5. The van der Waals surface area contributed by atoms with E-state index in [1.54, 1.807) is 36.4 Å². The van der Waals surface area contributed by atoms with Gasteiger partial charge in [-0.2, -0.15) is 0 Å². The van der Waals surface area contributed by atoms with Crippen molar-refractivity contribution < 1.29 is 31.1 Å². The Labute approximate surface area is 194 Å². The van der Waals surface area contributed by atoms with E-state index >= 15 is 0 Å². The third-order valence-corrected chi connectivity index (χ3v) is 6.07. The molecule has 0 fully saturated rings. The topological polar surface area (TPSA) is 64.6 Å². The van der Waals surface area contributed by atoms with Gasteiger partial charge in [0.05, 0.1) is 4.90 Å². The Morgan fingerprint density at radius 1 is 0.618 bits per heavy atom. The van der Waals surface area contributed by atoms with Crippen molar-refractivity contribution in [2.24, 2.45) is 0 Å². The van der Waals surface area contributed by atoms with Crippen molar-refractivity contribution in [3.05, 3.63) is 103 Å². The lowest BCUT2D eigenvalue weighted by molar-refractivity contribution is -0.274. The number of anilines is 1. The molecule has 0 amide bonds. The summed E-state index contributed by atoms with van der Waals surface area (Å²) in [6.45, 7) is 0. The van der Waals surface area contributed by atoms with E-state index < -0.39 is 16.4 Å². The Bertz CT molecular complexity index is 1340. The molecule has 4 aromatic rings. The lowest BCUT2D eigenvalue weighted by Crippen LogP contribution is -2.16. The van der Waals surface area contributed by atoms with Crippen molar-refractivity contribution in [2.75, 3.05) is 4.72 Å². The van der Waals surface area contributed by atoms with Gasteiger partial charge in [0, 0.05) is 5.69 Å². The van der Waals surface area contributed by atoms with E-state index in [2.05, 4.69) is 9.46 Å². The molecule has 5 nitrogen and oxygen atoms in total. The SMILES string of the molecule is O=S(=O)(Nc1ccc(Oc2ccccc2)cc1)c1ccc(-c2ccc(OC(F)(F)F)cc2)cc1. The summed E-state index contributed by atoms with van der Waals surface area (Å²) >= 11 is 0. The van der Waals surface area contributed by atoms with Crippen LogP contribution in [0.4, 0.5) is 18.9 Å². The predicted octanol–water partition coefficient (Wildman–Crippen LogP) is 6.85. The van der Waals surface area contributed by atoms with Gasteiger partial charge in [0.25, 0.3) is 10.0 Å². The number of sulfonamides is 1. The Hall–Kier alpha value is -3.98. The molecule has 0 unspecified atom stereocenters. The maximum Gasteiger partial charge on any atom is 0.573 e. The van der Waals surface area contributed by atoms with Gasteiger partial charge in [0.15, 0.2) is 0 Å². The highest BCUT2D eigenvalue weighted by Gasteiger charge is 2.31. The van der Waals surface area contributed by atoms with Crippen LogP contribution in [0, 0.1) is 0 Å². The molecule has 0 atom stereocenters. The number of benzene rings is 4. The van der Waals surface area contributed by atoms with Crippen LogP contribution < -0.4 is 14.2 Å². The van der Waals surface area contributed by atoms with Crippen molar-refractivity contribution in [3.8, 4) is 28.4 Å². The van der Waals surface area contributed by atoms with Crippen LogP contribution in [-0.2, 0) is 10.0 Å². The Morgan fingerprint density at radius 2 is 1.12 bits per heavy atom. The molecule has 0 bridgehead atoms. The standard InChI is InChI=1S/C25H18F3NO4S/c26-25(27,28)33-23-12-6-18(7-13-23)19-8-16-24(17-9-19)34(30,31)29-20-10-14-22(15-11-20)32-21-4-2-1-3-5-21/h1-17,29H. The number of rotatable bonds is 7. The molecular formula is C25H18F3NO4S. The van der Waals surface area contributed by atoms with E-state index in [9.17, 15) is 21.6 Å². The molecule has 174 valence electrons. The molecule has 0 spiro atoms. The van der Waals surface area contributed by atoms with E-state index in [0.29, 0.717) is 28.3 Å². The maximum atomic E-state index is 12.7. The van der Waals surface area contributed by atoms with Crippen LogP contribution in [0.15, 0.2) is 108 Å². The first-order chi connectivity index (χ1) is 16.2. The molecule has 0 aliphatic carbocycles. The zero-order valence-corrected chi connectivity index (χ0v) is 18.3. The lowest BCUT2D eigenvalue weighted by atomic mass is 10.1. The van der Waals surface area contributed by atoms with Crippen molar-refractivity contribution in [2.45, 2.75) is 11.3 Å². The molecule has 0 saturated heterocycles. The number of hydrogen-bond donors (Lipinski definition) is 1. The fourth-order valence-corrected chi connectivity index (χ4v) is 4.16. The van der Waals surface area contributed by atoms with E-state index in [1.165, 1.54) is 36.4 Å². The number of alkyl halides is 3. The average molecular weight is 485 g/mol. The molecule has 34 heavy (non-hydrogen) atoms. The summed E-state index contributed by atoms with van der Waals surface area (Å²) in [6.07, 6.45) is -4.76. The van der Waals surface area contributed by atoms with Crippen molar-refractivity contribution in [1.29, 1.82) is 0 Å². The van der Waals surface area contributed by atoms with Crippen molar-refractivity contribution >= 4 is 15.7 Å². The van der Waals surface area contributed by atoms with Crippen LogP contribution in [0.1, 0.15) is 0 Å². The number of nitrogens with one attached hydrogen (secondary N) is 1. The average Bonchev–Trinajstić information content (AvgIpc) is 2.80. The first-order valence-corrected chi connectivity index (χ1v) is 11.5. The summed E-state index contributed by atoms with van der Waals surface area (Å²) in [6, 6.07) is 27.0. The van der Waals surface area contributed by atoms with E-state index in [1.807, 2.05) is 30.3 Å². The fraction of sp³-hybridized carbons (Fsp3) is 0.0400. The van der Waals surface area contributed by atoms with Crippen LogP contribution >= 0.6 is 0 Å². The van der Waals surface area contributed by atoms with Crippen LogP contribution in [0.3, 0.4) is 0 Å². The molecule has 9 heteroatoms. The molecule has 0 aliphatic heterocycles. The smallest absolute Gasteiger partial charge is 0.457 e. The van der Waals surface area contributed by atoms with Gasteiger partial charge in [-0.05, 0) is 71.8 Å². The molecule has 0 heterocycles. The third-order valence-electron chi connectivity index (χ3n) is 4.67. The van der Waals surface area contributed by atoms with E-state index in [0.717, 1.165) is 0 Å². The molecule has 0 radical (unpaired) electrons. The third kappa shape index (κ3) is 6.08. The molecular weight excluding hydrogens is 467 g/mol. The van der Waals surface area contributed by atoms with E-state index in [-0.39, 0.29) is 10.6 Å². The number of halogens is 3. The predicted molar refractivity (Wildman–Crippen MR) is 122 cm³/mol. The largest absolute Gasteiger partial charge is 0.573 e. The van der Waals surface area contributed by atoms with Crippen molar-refractivity contribution in [1.82, 2.24) is 0 Å². The molecule has 0 saturated carbocycles. The normalized spacial score (nSPS) is 11.6. The summed E-state index contributed by atoms with van der Waals surface area (Å²) in [4.78, 5) is 0.0397.